The molecule has 1 rings (SSSR count). The van der Waals surface area contributed by atoms with Gasteiger partial charge in [-0.2, -0.15) is 11.8 Å². The summed E-state index contributed by atoms with van der Waals surface area (Å²) in [5.41, 5.74) is 5.42. The third kappa shape index (κ3) is 1.65. The zero-order valence-electron chi connectivity index (χ0n) is 4.97. The second-order valence-electron chi connectivity index (χ2n) is 1.91. The fourth-order valence-corrected chi connectivity index (χ4v) is 1.76. The van der Waals surface area contributed by atoms with E-state index >= 15 is 0 Å². The van der Waals surface area contributed by atoms with Gasteiger partial charge in [0.15, 0.2) is 0 Å². The summed E-state index contributed by atoms with van der Waals surface area (Å²) in [7, 11) is 0. The van der Waals surface area contributed by atoms with Crippen molar-refractivity contribution in [2.24, 2.45) is 5.73 Å². The molecule has 2 N–H and O–H groups in total. The van der Waals surface area contributed by atoms with Gasteiger partial charge in [0.25, 0.3) is 0 Å². The first kappa shape index (κ1) is 6.39. The maximum atomic E-state index is 5.42. The van der Waals surface area contributed by atoms with Gasteiger partial charge < -0.3 is 5.73 Å². The molecule has 0 amide bonds. The van der Waals surface area contributed by atoms with E-state index in [4.69, 9.17) is 5.73 Å². The summed E-state index contributed by atoms with van der Waals surface area (Å²) in [6.07, 6.45) is 0. The molecule has 1 aliphatic heterocycles. The van der Waals surface area contributed by atoms with Crippen LogP contribution >= 0.6 is 11.8 Å². The fourth-order valence-electron chi connectivity index (χ4n) is 0.784. The minimum absolute atomic E-state index is 0.737. The molecular weight excluding hydrogens is 120 g/mol. The number of rotatable bonds is 1. The molecule has 3 heteroatoms. The first-order chi connectivity index (χ1) is 3.93. The highest BCUT2D eigenvalue weighted by Crippen LogP contribution is 2.06. The first-order valence-corrected chi connectivity index (χ1v) is 4.09. The molecule has 1 fully saturated rings. The molecule has 0 aromatic carbocycles. The van der Waals surface area contributed by atoms with Crippen molar-refractivity contribution in [3.63, 3.8) is 0 Å². The van der Waals surface area contributed by atoms with Gasteiger partial charge in [-0.15, -0.1) is 0 Å². The third-order valence-corrected chi connectivity index (χ3v) is 2.30. The molecule has 0 aromatic heterocycles. The van der Waals surface area contributed by atoms with Gasteiger partial charge in [-0.1, -0.05) is 0 Å². The highest BCUT2D eigenvalue weighted by atomic mass is 32.2. The lowest BCUT2D eigenvalue weighted by atomic mass is 10.5. The van der Waals surface area contributed by atoms with Crippen LogP contribution in [0.4, 0.5) is 0 Å². The lowest BCUT2D eigenvalue weighted by Crippen LogP contribution is -2.36. The monoisotopic (exact) mass is 132 g/mol. The topological polar surface area (TPSA) is 29.3 Å². The number of nitrogens with zero attached hydrogens (tertiary/aromatic N) is 1. The smallest absolute Gasteiger partial charge is 0.0455 e. The summed E-state index contributed by atoms with van der Waals surface area (Å²) in [4.78, 5) is 2.27. The Labute approximate surface area is 54.4 Å². The van der Waals surface area contributed by atoms with Gasteiger partial charge in [0.2, 0.25) is 0 Å². The van der Waals surface area contributed by atoms with E-state index in [9.17, 15) is 0 Å². The largest absolute Gasteiger partial charge is 0.318 e. The molecular formula is C5H12N2S. The molecule has 48 valence electrons. The molecule has 2 nitrogen and oxygen atoms in total. The first-order valence-electron chi connectivity index (χ1n) is 2.93. The van der Waals surface area contributed by atoms with Crippen LogP contribution in [0.5, 0.6) is 0 Å². The standard InChI is InChI=1S/C5H12N2S/c6-5-7-1-3-8-4-2-7/h1-6H2. The van der Waals surface area contributed by atoms with Crippen molar-refractivity contribution in [3.8, 4) is 0 Å². The minimum atomic E-state index is 0.737. The van der Waals surface area contributed by atoms with Crippen molar-refractivity contribution in [3.05, 3.63) is 0 Å². The van der Waals surface area contributed by atoms with Gasteiger partial charge in [0.05, 0.1) is 0 Å². The Morgan fingerprint density at radius 2 is 2.00 bits per heavy atom. The highest BCUT2D eigenvalue weighted by Gasteiger charge is 2.06. The van der Waals surface area contributed by atoms with Crippen LogP contribution in [-0.2, 0) is 0 Å². The molecule has 1 aliphatic rings. The summed E-state index contributed by atoms with van der Waals surface area (Å²) in [6.45, 7) is 3.10. The van der Waals surface area contributed by atoms with E-state index in [-0.39, 0.29) is 0 Å². The Morgan fingerprint density at radius 1 is 1.38 bits per heavy atom. The molecule has 8 heavy (non-hydrogen) atoms. The fraction of sp³-hybridized carbons (Fsp3) is 1.00. The average Bonchev–Trinajstić information content (AvgIpc) is 1.90. The van der Waals surface area contributed by atoms with E-state index in [2.05, 4.69) is 4.90 Å². The molecule has 0 saturated carbocycles. The van der Waals surface area contributed by atoms with E-state index in [0.717, 1.165) is 6.67 Å². The van der Waals surface area contributed by atoms with Gasteiger partial charge in [0, 0.05) is 31.3 Å². The zero-order valence-corrected chi connectivity index (χ0v) is 5.78. The second-order valence-corrected chi connectivity index (χ2v) is 3.14. The third-order valence-electron chi connectivity index (χ3n) is 1.36. The second kappa shape index (κ2) is 3.33. The van der Waals surface area contributed by atoms with Crippen molar-refractivity contribution < 1.29 is 0 Å². The molecule has 0 spiro atoms. The number of hydrogen-bond donors (Lipinski definition) is 1. The molecule has 0 bridgehead atoms. The van der Waals surface area contributed by atoms with Gasteiger partial charge in [-0.3, -0.25) is 4.90 Å². The minimum Gasteiger partial charge on any atom is -0.318 e. The lowest BCUT2D eigenvalue weighted by Gasteiger charge is -2.23. The molecule has 0 atom stereocenters. The van der Waals surface area contributed by atoms with Crippen molar-refractivity contribution in [2.75, 3.05) is 31.3 Å². The van der Waals surface area contributed by atoms with Gasteiger partial charge >= 0.3 is 0 Å². The Hall–Kier alpha value is 0.270. The summed E-state index contributed by atoms with van der Waals surface area (Å²) in [6, 6.07) is 0. The maximum Gasteiger partial charge on any atom is 0.0455 e. The Bertz CT molecular complexity index is 61.4. The van der Waals surface area contributed by atoms with E-state index in [1.165, 1.54) is 24.6 Å². The van der Waals surface area contributed by atoms with Crippen molar-refractivity contribution in [1.82, 2.24) is 4.90 Å². The summed E-state index contributed by atoms with van der Waals surface area (Å²) < 4.78 is 0. The zero-order chi connectivity index (χ0) is 5.82. The number of nitrogens with two attached hydrogens (primary N) is 1. The molecule has 0 unspecified atom stereocenters. The number of thioether (sulfide) groups is 1. The summed E-state index contributed by atoms with van der Waals surface area (Å²) >= 11 is 2.02. The van der Waals surface area contributed by atoms with Crippen LogP contribution in [0.25, 0.3) is 0 Å². The summed E-state index contributed by atoms with van der Waals surface area (Å²) in [5.74, 6) is 2.52. The molecule has 1 saturated heterocycles. The van der Waals surface area contributed by atoms with Crippen LogP contribution in [0.1, 0.15) is 0 Å². The predicted molar refractivity (Wildman–Crippen MR) is 38.0 cm³/mol. The van der Waals surface area contributed by atoms with Gasteiger partial charge in [-0.25, -0.2) is 0 Å². The van der Waals surface area contributed by atoms with E-state index in [1.54, 1.807) is 0 Å². The van der Waals surface area contributed by atoms with Gasteiger partial charge in [0.1, 0.15) is 0 Å². The van der Waals surface area contributed by atoms with Crippen LogP contribution < -0.4 is 5.73 Å². The molecule has 0 radical (unpaired) electrons. The van der Waals surface area contributed by atoms with Gasteiger partial charge in [-0.05, 0) is 0 Å². The molecule has 1 heterocycles. The Kier molecular flexibility index (Phi) is 2.66. The van der Waals surface area contributed by atoms with Crippen LogP contribution in [0.2, 0.25) is 0 Å². The highest BCUT2D eigenvalue weighted by molar-refractivity contribution is 7.99. The van der Waals surface area contributed by atoms with Crippen LogP contribution in [0.15, 0.2) is 0 Å². The quantitative estimate of drug-likeness (QED) is 0.542. The molecule has 0 aliphatic carbocycles. The van der Waals surface area contributed by atoms with E-state index < -0.39 is 0 Å². The number of hydrogen-bond acceptors (Lipinski definition) is 3. The average molecular weight is 132 g/mol. The maximum absolute atomic E-state index is 5.42. The van der Waals surface area contributed by atoms with Crippen molar-refractivity contribution >= 4 is 11.8 Å². The predicted octanol–water partition coefficient (Wildman–Crippen LogP) is -0.0486. The normalized spacial score (nSPS) is 23.6. The van der Waals surface area contributed by atoms with Crippen LogP contribution in [0, 0.1) is 0 Å². The van der Waals surface area contributed by atoms with E-state index in [1.807, 2.05) is 11.8 Å². The SMILES string of the molecule is NCN1CCSCC1. The Balaban J connectivity index is 2.13. The lowest BCUT2D eigenvalue weighted by molar-refractivity contribution is 0.312. The van der Waals surface area contributed by atoms with Crippen LogP contribution in [-0.4, -0.2) is 36.2 Å². The van der Waals surface area contributed by atoms with Crippen molar-refractivity contribution in [1.29, 1.82) is 0 Å². The molecule has 0 aromatic rings. The summed E-state index contributed by atoms with van der Waals surface area (Å²) in [5, 5.41) is 0. The van der Waals surface area contributed by atoms with Crippen molar-refractivity contribution in [2.45, 2.75) is 0 Å². The van der Waals surface area contributed by atoms with Crippen LogP contribution in [0.3, 0.4) is 0 Å². The van der Waals surface area contributed by atoms with E-state index in [0.29, 0.717) is 0 Å². The Morgan fingerprint density at radius 3 is 2.38 bits per heavy atom.